The van der Waals surface area contributed by atoms with Crippen LogP contribution in [0.4, 0.5) is 0 Å². The highest BCUT2D eigenvalue weighted by Crippen LogP contribution is 2.25. The van der Waals surface area contributed by atoms with Gasteiger partial charge in [-0.2, -0.15) is 0 Å². The molecule has 0 radical (unpaired) electrons. The number of nitrogens with two attached hydrogens (primary N) is 2. The number of nitrogens with one attached hydrogen (secondary N) is 2. The minimum absolute atomic E-state index is 0.0254. The monoisotopic (exact) mass is 344 g/mol. The lowest BCUT2D eigenvalue weighted by Gasteiger charge is -1.95. The lowest BCUT2D eigenvalue weighted by atomic mass is 10.1. The molecule has 0 bridgehead atoms. The first-order valence-corrected chi connectivity index (χ1v) is 7.94. The lowest BCUT2D eigenvalue weighted by molar-refractivity contribution is 0.599. The van der Waals surface area contributed by atoms with Crippen LogP contribution in [0.1, 0.15) is 22.6 Å². The van der Waals surface area contributed by atoms with E-state index < -0.39 is 0 Å². The largest absolute Gasteiger partial charge is 0.457 e. The van der Waals surface area contributed by atoms with Gasteiger partial charge in [0.1, 0.15) is 34.4 Å². The van der Waals surface area contributed by atoms with Gasteiger partial charge in [0.25, 0.3) is 0 Å². The fraction of sp³-hybridized carbons (Fsp3) is 0. The van der Waals surface area contributed by atoms with Crippen LogP contribution in [0.3, 0.4) is 0 Å². The Labute approximate surface area is 148 Å². The minimum atomic E-state index is 0.0254. The van der Waals surface area contributed by atoms with E-state index in [1.54, 1.807) is 24.3 Å². The first-order chi connectivity index (χ1) is 12.5. The Bertz CT molecular complexity index is 1100. The Morgan fingerprint density at radius 2 is 1.12 bits per heavy atom. The molecule has 6 N–H and O–H groups in total. The molecule has 2 aromatic heterocycles. The van der Waals surface area contributed by atoms with Crippen molar-refractivity contribution in [2.75, 3.05) is 0 Å². The molecule has 4 aromatic rings. The number of furan rings is 2. The van der Waals surface area contributed by atoms with Gasteiger partial charge < -0.3 is 20.3 Å². The third-order valence-corrected chi connectivity index (χ3v) is 4.10. The number of hydrogen-bond acceptors (Lipinski definition) is 4. The second-order valence-corrected chi connectivity index (χ2v) is 5.96. The molecule has 0 saturated carbocycles. The number of benzene rings is 2. The molecule has 6 nitrogen and oxygen atoms in total. The summed E-state index contributed by atoms with van der Waals surface area (Å²) >= 11 is 0. The average Bonchev–Trinajstić information content (AvgIpc) is 3.21. The van der Waals surface area contributed by atoms with Crippen molar-refractivity contribution in [1.82, 2.24) is 0 Å². The molecule has 0 spiro atoms. The second kappa shape index (κ2) is 5.93. The molecule has 0 unspecified atom stereocenters. The molecule has 0 atom stereocenters. The smallest absolute Gasteiger partial charge is 0.134 e. The fourth-order valence-electron chi connectivity index (χ4n) is 2.79. The highest BCUT2D eigenvalue weighted by Gasteiger charge is 2.06. The van der Waals surface area contributed by atoms with Crippen molar-refractivity contribution in [2.45, 2.75) is 0 Å². The molecule has 0 aliphatic carbocycles. The van der Waals surface area contributed by atoms with Crippen LogP contribution in [-0.2, 0) is 0 Å². The van der Waals surface area contributed by atoms with Crippen LogP contribution >= 0.6 is 0 Å². The van der Waals surface area contributed by atoms with Gasteiger partial charge in [-0.1, -0.05) is 0 Å². The van der Waals surface area contributed by atoms with Crippen molar-refractivity contribution in [3.05, 3.63) is 71.2 Å². The van der Waals surface area contributed by atoms with Crippen LogP contribution in [0.15, 0.2) is 57.4 Å². The Hall–Kier alpha value is -3.80. The van der Waals surface area contributed by atoms with Gasteiger partial charge in [0.05, 0.1) is 0 Å². The lowest BCUT2D eigenvalue weighted by Crippen LogP contribution is -2.10. The van der Waals surface area contributed by atoms with E-state index in [2.05, 4.69) is 0 Å². The summed E-state index contributed by atoms with van der Waals surface area (Å²) in [7, 11) is 0. The van der Waals surface area contributed by atoms with E-state index in [4.69, 9.17) is 31.1 Å². The third-order valence-electron chi connectivity index (χ3n) is 4.10. The van der Waals surface area contributed by atoms with Crippen LogP contribution in [0.2, 0.25) is 0 Å². The summed E-state index contributed by atoms with van der Waals surface area (Å²) in [6.45, 7) is 0. The predicted molar refractivity (Wildman–Crippen MR) is 103 cm³/mol. The number of hydrogen-bond donors (Lipinski definition) is 4. The normalized spacial score (nSPS) is 11.5. The standard InChI is InChI=1S/C20H16N4O2/c21-19(22)11-1-5-17-13(7-11)9-15(25-17)3-4-16-10-14-8-12(20(23)24)2-6-18(14)26-16/h1-10H,(H3,21,22)(H3,23,24)/b4-3+. The van der Waals surface area contributed by atoms with Gasteiger partial charge in [-0.25, -0.2) is 0 Å². The van der Waals surface area contributed by atoms with E-state index in [1.165, 1.54) is 0 Å². The first-order valence-electron chi connectivity index (χ1n) is 7.94. The second-order valence-electron chi connectivity index (χ2n) is 5.96. The number of nitrogen functional groups attached to an aromatic ring is 2. The van der Waals surface area contributed by atoms with Gasteiger partial charge in [0.2, 0.25) is 0 Å². The van der Waals surface area contributed by atoms with Gasteiger partial charge in [-0.15, -0.1) is 0 Å². The Morgan fingerprint density at radius 1 is 0.692 bits per heavy atom. The van der Waals surface area contributed by atoms with Crippen molar-refractivity contribution in [3.63, 3.8) is 0 Å². The summed E-state index contributed by atoms with van der Waals surface area (Å²) in [5.74, 6) is 1.39. The molecule has 0 fully saturated rings. The van der Waals surface area contributed by atoms with E-state index in [-0.39, 0.29) is 11.7 Å². The van der Waals surface area contributed by atoms with Crippen LogP contribution in [0, 0.1) is 10.8 Å². The molecule has 128 valence electrons. The van der Waals surface area contributed by atoms with Crippen molar-refractivity contribution < 1.29 is 8.83 Å². The molecule has 6 heteroatoms. The van der Waals surface area contributed by atoms with E-state index in [0.717, 1.165) is 21.9 Å². The van der Waals surface area contributed by atoms with Gasteiger partial charge in [-0.05, 0) is 60.7 Å². The maximum Gasteiger partial charge on any atom is 0.134 e. The zero-order valence-electron chi connectivity index (χ0n) is 13.7. The zero-order valence-corrected chi connectivity index (χ0v) is 13.7. The van der Waals surface area contributed by atoms with Crippen LogP contribution in [-0.4, -0.2) is 11.7 Å². The van der Waals surface area contributed by atoms with Crippen LogP contribution in [0.5, 0.6) is 0 Å². The molecule has 0 saturated heterocycles. The SMILES string of the molecule is N=C(N)c1ccc2oc(/C=C/c3cc4cc(C(=N)N)ccc4o3)cc2c1. The summed E-state index contributed by atoms with van der Waals surface area (Å²) in [5, 5.41) is 16.8. The highest BCUT2D eigenvalue weighted by molar-refractivity contribution is 5.99. The third kappa shape index (κ3) is 2.84. The molecule has 2 aromatic carbocycles. The molecule has 0 amide bonds. The van der Waals surface area contributed by atoms with Gasteiger partial charge in [0.15, 0.2) is 0 Å². The molecular weight excluding hydrogens is 328 g/mol. The Kier molecular flexibility index (Phi) is 3.58. The molecule has 4 rings (SSSR count). The zero-order chi connectivity index (χ0) is 18.3. The summed E-state index contributed by atoms with van der Waals surface area (Å²) in [4.78, 5) is 0. The maximum absolute atomic E-state index is 7.50. The first kappa shape index (κ1) is 15.7. The highest BCUT2D eigenvalue weighted by atomic mass is 16.3. The molecule has 2 heterocycles. The Balaban J connectivity index is 1.65. The minimum Gasteiger partial charge on any atom is -0.457 e. The van der Waals surface area contributed by atoms with Crippen molar-refractivity contribution in [3.8, 4) is 0 Å². The van der Waals surface area contributed by atoms with Gasteiger partial charge >= 0.3 is 0 Å². The van der Waals surface area contributed by atoms with E-state index in [1.807, 2.05) is 36.4 Å². The summed E-state index contributed by atoms with van der Waals surface area (Å²) in [6.07, 6.45) is 3.63. The van der Waals surface area contributed by atoms with Crippen molar-refractivity contribution in [1.29, 1.82) is 10.8 Å². The quantitative estimate of drug-likeness (QED) is 0.330. The topological polar surface area (TPSA) is 126 Å². The van der Waals surface area contributed by atoms with Crippen molar-refractivity contribution >= 4 is 45.8 Å². The van der Waals surface area contributed by atoms with Crippen LogP contribution < -0.4 is 11.5 Å². The summed E-state index contributed by atoms with van der Waals surface area (Å²) in [6, 6.07) is 14.5. The summed E-state index contributed by atoms with van der Waals surface area (Å²) < 4.78 is 11.5. The van der Waals surface area contributed by atoms with Gasteiger partial charge in [0, 0.05) is 21.9 Å². The Morgan fingerprint density at radius 3 is 1.50 bits per heavy atom. The average molecular weight is 344 g/mol. The maximum atomic E-state index is 7.50. The number of fused-ring (bicyclic) bond motifs is 2. The molecule has 0 aliphatic rings. The number of rotatable bonds is 4. The van der Waals surface area contributed by atoms with E-state index in [9.17, 15) is 0 Å². The van der Waals surface area contributed by atoms with Gasteiger partial charge in [-0.3, -0.25) is 10.8 Å². The van der Waals surface area contributed by atoms with Crippen LogP contribution in [0.25, 0.3) is 34.1 Å². The van der Waals surface area contributed by atoms with Crippen molar-refractivity contribution in [2.24, 2.45) is 11.5 Å². The molecule has 26 heavy (non-hydrogen) atoms. The molecular formula is C20H16N4O2. The summed E-state index contributed by atoms with van der Waals surface area (Å²) in [5.41, 5.74) is 13.8. The number of amidine groups is 2. The predicted octanol–water partition coefficient (Wildman–Crippen LogP) is 3.92. The fourth-order valence-corrected chi connectivity index (χ4v) is 2.79. The van der Waals surface area contributed by atoms with E-state index in [0.29, 0.717) is 22.6 Å². The van der Waals surface area contributed by atoms with E-state index >= 15 is 0 Å². The molecule has 0 aliphatic heterocycles.